The van der Waals surface area contributed by atoms with Gasteiger partial charge in [-0.15, -0.1) is 0 Å². The normalized spacial score (nSPS) is 10.9. The van der Waals surface area contributed by atoms with E-state index < -0.39 is 0 Å². The molecule has 0 spiro atoms. The van der Waals surface area contributed by atoms with E-state index in [4.69, 9.17) is 0 Å². The minimum Gasteiger partial charge on any atom is -0.370 e. The highest BCUT2D eigenvalue weighted by Gasteiger charge is 2.06. The average molecular weight is 285 g/mol. The minimum absolute atomic E-state index is 0.727. The molecule has 0 aliphatic rings. The van der Waals surface area contributed by atoms with Crippen LogP contribution >= 0.6 is 0 Å². The molecular formula is C16H23N5. The molecule has 0 fully saturated rings. The number of aromatic nitrogens is 3. The molecular weight excluding hydrogens is 262 g/mol. The number of rotatable bonds is 7. The summed E-state index contributed by atoms with van der Waals surface area (Å²) >= 11 is 0. The van der Waals surface area contributed by atoms with Crippen LogP contribution in [-0.4, -0.2) is 33.4 Å². The summed E-state index contributed by atoms with van der Waals surface area (Å²) in [5.41, 5.74) is 2.24. The summed E-state index contributed by atoms with van der Waals surface area (Å²) < 4.78 is 0. The van der Waals surface area contributed by atoms with E-state index in [9.17, 15) is 0 Å². The highest BCUT2D eigenvalue weighted by molar-refractivity contribution is 5.35. The topological polar surface area (TPSA) is 53.9 Å². The fraction of sp³-hybridized carbons (Fsp3) is 0.438. The maximum atomic E-state index is 4.58. The van der Waals surface area contributed by atoms with Crippen LogP contribution in [0.15, 0.2) is 30.6 Å². The molecule has 0 aliphatic carbocycles. The molecule has 5 heteroatoms. The fourth-order valence-corrected chi connectivity index (χ4v) is 2.14. The SMILES string of the molecule is CCCNc1cc(C)nc(CN(C)Cc2ccncc2)n1. The van der Waals surface area contributed by atoms with Gasteiger partial charge >= 0.3 is 0 Å². The molecule has 2 aromatic heterocycles. The van der Waals surface area contributed by atoms with Gasteiger partial charge in [-0.2, -0.15) is 0 Å². The van der Waals surface area contributed by atoms with Crippen LogP contribution in [0.3, 0.4) is 0 Å². The predicted molar refractivity (Wildman–Crippen MR) is 85.0 cm³/mol. The molecule has 2 aromatic rings. The van der Waals surface area contributed by atoms with Gasteiger partial charge in [-0.1, -0.05) is 6.92 Å². The van der Waals surface area contributed by atoms with Crippen LogP contribution in [0.4, 0.5) is 5.82 Å². The van der Waals surface area contributed by atoms with Crippen molar-refractivity contribution in [1.29, 1.82) is 0 Å². The Morgan fingerprint density at radius 1 is 1.14 bits per heavy atom. The smallest absolute Gasteiger partial charge is 0.144 e. The summed E-state index contributed by atoms with van der Waals surface area (Å²) in [6.45, 7) is 6.67. The Morgan fingerprint density at radius 2 is 1.90 bits per heavy atom. The van der Waals surface area contributed by atoms with E-state index in [1.807, 2.05) is 37.5 Å². The predicted octanol–water partition coefficient (Wildman–Crippen LogP) is 2.63. The van der Waals surface area contributed by atoms with Gasteiger partial charge in [0.05, 0.1) is 6.54 Å². The van der Waals surface area contributed by atoms with E-state index in [-0.39, 0.29) is 0 Å². The number of anilines is 1. The van der Waals surface area contributed by atoms with Crippen molar-refractivity contribution in [3.63, 3.8) is 0 Å². The van der Waals surface area contributed by atoms with Crippen LogP contribution in [0.1, 0.15) is 30.4 Å². The molecule has 0 aliphatic heterocycles. The maximum absolute atomic E-state index is 4.58. The van der Waals surface area contributed by atoms with Gasteiger partial charge in [0.1, 0.15) is 11.6 Å². The molecule has 0 aromatic carbocycles. The molecule has 0 radical (unpaired) electrons. The molecule has 0 bridgehead atoms. The number of nitrogens with zero attached hydrogens (tertiary/aromatic N) is 4. The molecule has 2 rings (SSSR count). The van der Waals surface area contributed by atoms with Crippen LogP contribution in [0.5, 0.6) is 0 Å². The van der Waals surface area contributed by atoms with Crippen LogP contribution in [0.2, 0.25) is 0 Å². The zero-order valence-electron chi connectivity index (χ0n) is 13.0. The van der Waals surface area contributed by atoms with Crippen LogP contribution in [-0.2, 0) is 13.1 Å². The Balaban J connectivity index is 1.99. The first-order chi connectivity index (χ1) is 10.2. The molecule has 0 unspecified atom stereocenters. The number of aryl methyl sites for hydroxylation is 1. The Labute approximate surface area is 126 Å². The second-order valence-corrected chi connectivity index (χ2v) is 5.27. The summed E-state index contributed by atoms with van der Waals surface area (Å²) in [5.74, 6) is 1.77. The van der Waals surface area contributed by atoms with Crippen molar-refractivity contribution >= 4 is 5.82 Å². The molecule has 0 atom stereocenters. The van der Waals surface area contributed by atoms with E-state index in [2.05, 4.69) is 39.1 Å². The monoisotopic (exact) mass is 285 g/mol. The molecule has 1 N–H and O–H groups in total. The standard InChI is InChI=1S/C16H23N5/c1-4-7-18-15-10-13(2)19-16(20-15)12-21(3)11-14-5-8-17-9-6-14/h5-6,8-10H,4,7,11-12H2,1-3H3,(H,18,19,20). The minimum atomic E-state index is 0.727. The first-order valence-electron chi connectivity index (χ1n) is 7.33. The van der Waals surface area contributed by atoms with Gasteiger partial charge in [0.25, 0.3) is 0 Å². The van der Waals surface area contributed by atoms with Crippen molar-refractivity contribution < 1.29 is 0 Å². The lowest BCUT2D eigenvalue weighted by Crippen LogP contribution is -2.19. The molecule has 0 saturated heterocycles. The summed E-state index contributed by atoms with van der Waals surface area (Å²) in [6.07, 6.45) is 4.72. The molecule has 0 amide bonds. The molecule has 112 valence electrons. The van der Waals surface area contributed by atoms with Gasteiger partial charge in [0.15, 0.2) is 0 Å². The van der Waals surface area contributed by atoms with Crippen molar-refractivity contribution in [2.24, 2.45) is 0 Å². The number of pyridine rings is 1. The number of nitrogens with one attached hydrogen (secondary N) is 1. The summed E-state index contributed by atoms with van der Waals surface area (Å²) in [4.78, 5) is 15.3. The van der Waals surface area contributed by atoms with Crippen molar-refractivity contribution in [3.05, 3.63) is 47.7 Å². The summed E-state index contributed by atoms with van der Waals surface area (Å²) in [7, 11) is 2.07. The average Bonchev–Trinajstić information content (AvgIpc) is 2.45. The van der Waals surface area contributed by atoms with Crippen molar-refractivity contribution in [1.82, 2.24) is 19.9 Å². The van der Waals surface area contributed by atoms with Gasteiger partial charge < -0.3 is 5.32 Å². The zero-order chi connectivity index (χ0) is 15.1. The van der Waals surface area contributed by atoms with Gasteiger partial charge in [-0.3, -0.25) is 9.88 Å². The number of hydrogen-bond acceptors (Lipinski definition) is 5. The molecule has 5 nitrogen and oxygen atoms in total. The Morgan fingerprint density at radius 3 is 2.62 bits per heavy atom. The lowest BCUT2D eigenvalue weighted by atomic mass is 10.2. The Bertz CT molecular complexity index is 556. The lowest BCUT2D eigenvalue weighted by molar-refractivity contribution is 0.310. The second kappa shape index (κ2) is 7.69. The van der Waals surface area contributed by atoms with Crippen molar-refractivity contribution in [2.45, 2.75) is 33.4 Å². The van der Waals surface area contributed by atoms with E-state index in [1.54, 1.807) is 0 Å². The van der Waals surface area contributed by atoms with Gasteiger partial charge in [0.2, 0.25) is 0 Å². The van der Waals surface area contributed by atoms with E-state index in [1.165, 1.54) is 5.56 Å². The van der Waals surface area contributed by atoms with E-state index >= 15 is 0 Å². The van der Waals surface area contributed by atoms with Crippen molar-refractivity contribution in [2.75, 3.05) is 18.9 Å². The molecule has 21 heavy (non-hydrogen) atoms. The van der Waals surface area contributed by atoms with E-state index in [0.717, 1.165) is 43.4 Å². The van der Waals surface area contributed by atoms with Gasteiger partial charge in [-0.05, 0) is 38.1 Å². The molecule has 0 saturated carbocycles. The van der Waals surface area contributed by atoms with E-state index in [0.29, 0.717) is 0 Å². The van der Waals surface area contributed by atoms with Gasteiger partial charge in [-0.25, -0.2) is 9.97 Å². The van der Waals surface area contributed by atoms with Gasteiger partial charge in [0, 0.05) is 37.2 Å². The quantitative estimate of drug-likeness (QED) is 0.847. The highest BCUT2D eigenvalue weighted by Crippen LogP contribution is 2.09. The number of hydrogen-bond donors (Lipinski definition) is 1. The lowest BCUT2D eigenvalue weighted by Gasteiger charge is -2.16. The third-order valence-electron chi connectivity index (χ3n) is 3.07. The Hall–Kier alpha value is -2.01. The third kappa shape index (κ3) is 5.11. The molecule has 2 heterocycles. The largest absolute Gasteiger partial charge is 0.370 e. The first kappa shape index (κ1) is 15.4. The fourth-order valence-electron chi connectivity index (χ4n) is 2.14. The summed E-state index contributed by atoms with van der Waals surface area (Å²) in [5, 5.41) is 3.32. The van der Waals surface area contributed by atoms with Crippen molar-refractivity contribution in [3.8, 4) is 0 Å². The maximum Gasteiger partial charge on any atom is 0.144 e. The Kier molecular flexibility index (Phi) is 5.63. The van der Waals surface area contributed by atoms with Crippen LogP contribution in [0.25, 0.3) is 0 Å². The third-order valence-corrected chi connectivity index (χ3v) is 3.07. The summed E-state index contributed by atoms with van der Waals surface area (Å²) in [6, 6.07) is 6.05. The zero-order valence-corrected chi connectivity index (χ0v) is 13.0. The second-order valence-electron chi connectivity index (χ2n) is 5.27. The van der Waals surface area contributed by atoms with Crippen LogP contribution < -0.4 is 5.32 Å². The first-order valence-corrected chi connectivity index (χ1v) is 7.33. The highest BCUT2D eigenvalue weighted by atomic mass is 15.1. The van der Waals surface area contributed by atoms with Crippen LogP contribution in [0, 0.1) is 6.92 Å².